The first-order valence-electron chi connectivity index (χ1n) is 10.8. The summed E-state index contributed by atoms with van der Waals surface area (Å²) in [5.41, 5.74) is 2.76. The third-order valence-electron chi connectivity index (χ3n) is 5.31. The van der Waals surface area contributed by atoms with Crippen LogP contribution in [-0.2, 0) is 0 Å². The van der Waals surface area contributed by atoms with Crippen molar-refractivity contribution >= 4 is 54.4 Å². The third-order valence-corrected chi connectivity index (χ3v) is 10.6. The van der Waals surface area contributed by atoms with E-state index in [9.17, 15) is 0 Å². The second-order valence-electron chi connectivity index (χ2n) is 7.47. The highest BCUT2D eigenvalue weighted by molar-refractivity contribution is 7.80. The van der Waals surface area contributed by atoms with Gasteiger partial charge in [-0.25, -0.2) is 5.84 Å². The molecule has 0 radical (unpaired) electrons. The van der Waals surface area contributed by atoms with Gasteiger partial charge in [0.2, 0.25) is 0 Å². The van der Waals surface area contributed by atoms with E-state index >= 15 is 0 Å². The van der Waals surface area contributed by atoms with Gasteiger partial charge in [-0.05, 0) is 49.3 Å². The van der Waals surface area contributed by atoms with Crippen LogP contribution in [0.3, 0.4) is 0 Å². The van der Waals surface area contributed by atoms with Gasteiger partial charge in [-0.1, -0.05) is 121 Å². The van der Waals surface area contributed by atoms with Gasteiger partial charge in [-0.2, -0.15) is 0 Å². The van der Waals surface area contributed by atoms with E-state index in [0.717, 1.165) is 12.6 Å². The lowest BCUT2D eigenvalue weighted by atomic mass is 10.4. The molecular weight excluding hydrogens is 460 g/mol. The van der Waals surface area contributed by atoms with Crippen LogP contribution in [0.15, 0.2) is 121 Å². The van der Waals surface area contributed by atoms with E-state index in [1.807, 2.05) is 0 Å². The van der Waals surface area contributed by atoms with Crippen molar-refractivity contribution in [1.29, 1.82) is 0 Å². The van der Waals surface area contributed by atoms with Crippen molar-refractivity contribution in [3.8, 4) is 0 Å². The SMILES string of the molecule is NNC(=S)N(CP(c1ccccc1)c1ccccc1)CP(c1ccccc1)c1ccccc1. The Bertz CT molecular complexity index is 965. The van der Waals surface area contributed by atoms with Gasteiger partial charge in [0.1, 0.15) is 0 Å². The molecular formula is C27H27N3P2S. The molecule has 0 bridgehead atoms. The van der Waals surface area contributed by atoms with E-state index in [4.69, 9.17) is 18.1 Å². The second-order valence-corrected chi connectivity index (χ2v) is 12.2. The van der Waals surface area contributed by atoms with E-state index in [-0.39, 0.29) is 0 Å². The van der Waals surface area contributed by atoms with Crippen molar-refractivity contribution in [3.63, 3.8) is 0 Å². The molecule has 166 valence electrons. The predicted octanol–water partition coefficient (Wildman–Crippen LogP) is 4.22. The van der Waals surface area contributed by atoms with Crippen molar-refractivity contribution in [3.05, 3.63) is 121 Å². The molecule has 0 fully saturated rings. The molecule has 0 aliphatic rings. The van der Waals surface area contributed by atoms with E-state index in [1.54, 1.807) is 0 Å². The summed E-state index contributed by atoms with van der Waals surface area (Å²) in [6, 6.07) is 42.9. The molecule has 3 nitrogen and oxygen atoms in total. The molecule has 0 atom stereocenters. The fourth-order valence-electron chi connectivity index (χ4n) is 3.66. The van der Waals surface area contributed by atoms with Crippen LogP contribution in [0.1, 0.15) is 0 Å². The van der Waals surface area contributed by atoms with Crippen LogP contribution in [-0.4, -0.2) is 22.6 Å². The number of thiocarbonyl (C=S) groups is 1. The van der Waals surface area contributed by atoms with Crippen molar-refractivity contribution < 1.29 is 0 Å². The molecule has 0 unspecified atom stereocenters. The molecule has 0 saturated heterocycles. The molecule has 4 aromatic rings. The van der Waals surface area contributed by atoms with Crippen molar-refractivity contribution in [1.82, 2.24) is 10.3 Å². The molecule has 0 aliphatic carbocycles. The third kappa shape index (κ3) is 6.25. The van der Waals surface area contributed by atoms with Crippen LogP contribution in [0, 0.1) is 0 Å². The summed E-state index contributed by atoms with van der Waals surface area (Å²) >= 11 is 5.72. The number of benzene rings is 4. The zero-order valence-corrected chi connectivity index (χ0v) is 20.9. The van der Waals surface area contributed by atoms with Crippen molar-refractivity contribution in [2.24, 2.45) is 5.84 Å². The maximum Gasteiger partial charge on any atom is 0.183 e. The summed E-state index contributed by atoms with van der Waals surface area (Å²) < 4.78 is 0. The molecule has 0 aliphatic heterocycles. The van der Waals surface area contributed by atoms with Crippen LogP contribution < -0.4 is 32.5 Å². The predicted molar refractivity (Wildman–Crippen MR) is 150 cm³/mol. The zero-order valence-electron chi connectivity index (χ0n) is 18.3. The lowest BCUT2D eigenvalue weighted by Crippen LogP contribution is -2.45. The van der Waals surface area contributed by atoms with Gasteiger partial charge in [0.15, 0.2) is 5.11 Å². The number of hydrazine groups is 1. The molecule has 0 saturated carbocycles. The Morgan fingerprint density at radius 3 is 1.09 bits per heavy atom. The van der Waals surface area contributed by atoms with Crippen LogP contribution in [0.5, 0.6) is 0 Å². The maximum atomic E-state index is 5.86. The standard InChI is InChI=1S/C27H27N3P2S/c28-29-27(33)30(21-31(23-13-5-1-6-14-23)24-15-7-2-8-16-24)22-32(25-17-9-3-10-18-25)26-19-11-4-12-20-26/h1-20H,21-22,28H2,(H,29,33). The van der Waals surface area contributed by atoms with Gasteiger partial charge in [-0.15, -0.1) is 0 Å². The Balaban J connectivity index is 1.70. The molecule has 6 heteroatoms. The van der Waals surface area contributed by atoms with Gasteiger partial charge >= 0.3 is 0 Å². The highest BCUT2D eigenvalue weighted by atomic mass is 32.1. The lowest BCUT2D eigenvalue weighted by molar-refractivity contribution is 0.557. The first-order valence-corrected chi connectivity index (χ1v) is 14.2. The topological polar surface area (TPSA) is 41.3 Å². The molecule has 4 rings (SSSR count). The van der Waals surface area contributed by atoms with E-state index in [1.165, 1.54) is 21.2 Å². The quantitative estimate of drug-likeness (QED) is 0.169. The van der Waals surface area contributed by atoms with Gasteiger partial charge in [0, 0.05) is 12.6 Å². The van der Waals surface area contributed by atoms with E-state index in [0.29, 0.717) is 5.11 Å². The Kier molecular flexibility index (Phi) is 8.58. The summed E-state index contributed by atoms with van der Waals surface area (Å²) in [5.74, 6) is 5.86. The number of nitrogens with one attached hydrogen (secondary N) is 1. The average Bonchev–Trinajstić information content (AvgIpc) is 2.90. The Hall–Kier alpha value is -2.61. The minimum absolute atomic E-state index is 0.578. The van der Waals surface area contributed by atoms with Crippen LogP contribution in [0.2, 0.25) is 0 Å². The molecule has 33 heavy (non-hydrogen) atoms. The number of hydrogen-bond donors (Lipinski definition) is 2. The lowest BCUT2D eigenvalue weighted by Gasteiger charge is -2.33. The summed E-state index contributed by atoms with van der Waals surface area (Å²) in [6.07, 6.45) is 1.59. The summed E-state index contributed by atoms with van der Waals surface area (Å²) in [7, 11) is -1.29. The number of rotatable bonds is 8. The summed E-state index contributed by atoms with van der Waals surface area (Å²) in [5, 5.41) is 5.88. The van der Waals surface area contributed by atoms with Crippen LogP contribution >= 0.6 is 28.1 Å². The average molecular weight is 488 g/mol. The molecule has 0 amide bonds. The minimum atomic E-state index is -0.644. The first-order chi connectivity index (χ1) is 16.3. The smallest absolute Gasteiger partial charge is 0.183 e. The first kappa shape index (κ1) is 23.5. The highest BCUT2D eigenvalue weighted by Gasteiger charge is 2.24. The second kappa shape index (κ2) is 12.0. The van der Waals surface area contributed by atoms with Crippen molar-refractivity contribution in [2.45, 2.75) is 0 Å². The number of nitrogens with zero attached hydrogens (tertiary/aromatic N) is 1. The Labute approximate surface area is 204 Å². The molecule has 0 heterocycles. The highest BCUT2D eigenvalue weighted by Crippen LogP contribution is 2.39. The molecule has 0 aromatic heterocycles. The van der Waals surface area contributed by atoms with Gasteiger partial charge in [0.05, 0.1) is 0 Å². The number of nitrogens with two attached hydrogens (primary N) is 1. The minimum Gasteiger partial charge on any atom is -0.339 e. The van der Waals surface area contributed by atoms with E-state index < -0.39 is 15.8 Å². The fraction of sp³-hybridized carbons (Fsp3) is 0.0741. The number of hydrogen-bond acceptors (Lipinski definition) is 2. The maximum absolute atomic E-state index is 5.86. The van der Waals surface area contributed by atoms with Gasteiger partial charge < -0.3 is 10.3 Å². The Morgan fingerprint density at radius 1 is 0.576 bits per heavy atom. The molecule has 4 aromatic carbocycles. The van der Waals surface area contributed by atoms with Crippen LogP contribution in [0.4, 0.5) is 0 Å². The monoisotopic (exact) mass is 487 g/mol. The molecule has 3 N–H and O–H groups in total. The Morgan fingerprint density at radius 2 is 0.848 bits per heavy atom. The van der Waals surface area contributed by atoms with Crippen LogP contribution in [0.25, 0.3) is 0 Å². The fourth-order valence-corrected chi connectivity index (χ4v) is 8.68. The van der Waals surface area contributed by atoms with Gasteiger partial charge in [0.25, 0.3) is 0 Å². The van der Waals surface area contributed by atoms with Crippen molar-refractivity contribution in [2.75, 3.05) is 12.6 Å². The van der Waals surface area contributed by atoms with E-state index in [2.05, 4.69) is 132 Å². The summed E-state index contributed by atoms with van der Waals surface area (Å²) in [4.78, 5) is 2.26. The summed E-state index contributed by atoms with van der Waals surface area (Å²) in [6.45, 7) is 0. The zero-order chi connectivity index (χ0) is 22.9. The normalized spacial score (nSPS) is 10.9. The largest absolute Gasteiger partial charge is 0.339 e. The molecule has 0 spiro atoms. The van der Waals surface area contributed by atoms with Gasteiger partial charge in [-0.3, -0.25) is 0 Å².